The third kappa shape index (κ3) is 2.29. The molecule has 2 N–H and O–H groups in total. The van der Waals surface area contributed by atoms with Crippen LogP contribution in [0.15, 0.2) is 18.2 Å². The van der Waals surface area contributed by atoms with Gasteiger partial charge < -0.3 is 15.2 Å². The molecule has 5 heteroatoms. The van der Waals surface area contributed by atoms with Crippen molar-refractivity contribution in [2.24, 2.45) is 5.73 Å². The average molecular weight is 232 g/mol. The Bertz CT molecular complexity index is 361. The van der Waals surface area contributed by atoms with E-state index in [1.165, 1.54) is 12.1 Å². The van der Waals surface area contributed by atoms with Crippen molar-refractivity contribution in [3.8, 4) is 0 Å². The van der Waals surface area contributed by atoms with Crippen LogP contribution in [0.2, 0.25) is 5.02 Å². The summed E-state index contributed by atoms with van der Waals surface area (Å²) >= 11 is 5.65. The van der Waals surface area contributed by atoms with Gasteiger partial charge in [-0.2, -0.15) is 0 Å². The Balaban J connectivity index is 2.13. The lowest BCUT2D eigenvalue weighted by molar-refractivity contribution is -0.0585. The summed E-state index contributed by atoms with van der Waals surface area (Å²) in [5, 5.41) is 0.0656. The van der Waals surface area contributed by atoms with Gasteiger partial charge >= 0.3 is 0 Å². The molecule has 2 rings (SSSR count). The Labute approximate surface area is 91.9 Å². The second kappa shape index (κ2) is 4.45. The van der Waals surface area contributed by atoms with Crippen molar-refractivity contribution < 1.29 is 13.9 Å². The summed E-state index contributed by atoms with van der Waals surface area (Å²) in [4.78, 5) is 0. The molecule has 0 radical (unpaired) electrons. The molecular weight excluding hydrogens is 221 g/mol. The third-order valence-corrected chi connectivity index (χ3v) is 2.52. The molecule has 1 aliphatic heterocycles. The van der Waals surface area contributed by atoms with Gasteiger partial charge in [-0.15, -0.1) is 0 Å². The van der Waals surface area contributed by atoms with Gasteiger partial charge in [0, 0.05) is 12.1 Å². The zero-order chi connectivity index (χ0) is 10.8. The minimum Gasteiger partial charge on any atom is -0.346 e. The van der Waals surface area contributed by atoms with Gasteiger partial charge in [0.2, 0.25) is 0 Å². The second-order valence-corrected chi connectivity index (χ2v) is 3.74. The predicted molar refractivity (Wildman–Crippen MR) is 54.0 cm³/mol. The van der Waals surface area contributed by atoms with Crippen molar-refractivity contribution >= 4 is 11.6 Å². The van der Waals surface area contributed by atoms with Crippen LogP contribution in [0.5, 0.6) is 0 Å². The fourth-order valence-electron chi connectivity index (χ4n) is 1.41. The Kier molecular flexibility index (Phi) is 3.21. The third-order valence-electron chi connectivity index (χ3n) is 2.23. The molecule has 15 heavy (non-hydrogen) atoms. The van der Waals surface area contributed by atoms with E-state index in [1.54, 1.807) is 6.07 Å². The number of ether oxygens (including phenoxy) is 2. The van der Waals surface area contributed by atoms with Crippen molar-refractivity contribution in [3.63, 3.8) is 0 Å². The molecule has 0 amide bonds. The van der Waals surface area contributed by atoms with Crippen molar-refractivity contribution in [1.29, 1.82) is 0 Å². The first-order valence-electron chi connectivity index (χ1n) is 4.63. The van der Waals surface area contributed by atoms with Crippen LogP contribution in [0.4, 0.5) is 4.39 Å². The lowest BCUT2D eigenvalue weighted by Crippen LogP contribution is -2.21. The maximum atomic E-state index is 12.9. The van der Waals surface area contributed by atoms with E-state index >= 15 is 0 Å². The molecule has 3 nitrogen and oxygen atoms in total. The van der Waals surface area contributed by atoms with Crippen molar-refractivity contribution in [1.82, 2.24) is 0 Å². The molecule has 1 saturated heterocycles. The summed E-state index contributed by atoms with van der Waals surface area (Å²) in [5.41, 5.74) is 6.14. The summed E-state index contributed by atoms with van der Waals surface area (Å²) in [6.45, 7) is 0.863. The molecule has 1 heterocycles. The van der Waals surface area contributed by atoms with Crippen molar-refractivity contribution in [3.05, 3.63) is 34.6 Å². The van der Waals surface area contributed by atoms with Gasteiger partial charge in [0.1, 0.15) is 5.82 Å². The molecule has 82 valence electrons. The Morgan fingerprint density at radius 3 is 2.93 bits per heavy atom. The van der Waals surface area contributed by atoms with Gasteiger partial charge in [0.25, 0.3) is 0 Å². The minimum atomic E-state index is -0.489. The van der Waals surface area contributed by atoms with Gasteiger partial charge in [0.05, 0.1) is 17.7 Å². The zero-order valence-electron chi connectivity index (χ0n) is 7.95. The summed E-state index contributed by atoms with van der Waals surface area (Å²) in [6, 6.07) is 4.38. The monoisotopic (exact) mass is 231 g/mol. The van der Waals surface area contributed by atoms with E-state index in [0.29, 0.717) is 18.7 Å². The topological polar surface area (TPSA) is 44.5 Å². The van der Waals surface area contributed by atoms with Gasteiger partial charge in [0.15, 0.2) is 6.29 Å². The first-order valence-corrected chi connectivity index (χ1v) is 5.00. The molecule has 1 aliphatic rings. The number of nitrogens with two attached hydrogens (primary N) is 1. The van der Waals surface area contributed by atoms with Gasteiger partial charge in [-0.05, 0) is 12.1 Å². The van der Waals surface area contributed by atoms with Crippen LogP contribution in [-0.4, -0.2) is 19.3 Å². The van der Waals surface area contributed by atoms with Gasteiger partial charge in [-0.1, -0.05) is 17.7 Å². The molecule has 0 spiro atoms. The number of hydrogen-bond acceptors (Lipinski definition) is 3. The summed E-state index contributed by atoms with van der Waals surface area (Å²) in [5.74, 6) is -0.450. The van der Waals surface area contributed by atoms with Crippen LogP contribution < -0.4 is 5.73 Å². The molecule has 0 bridgehead atoms. The molecule has 0 saturated carbocycles. The quantitative estimate of drug-likeness (QED) is 0.845. The van der Waals surface area contributed by atoms with Crippen LogP contribution in [0.3, 0.4) is 0 Å². The summed E-state index contributed by atoms with van der Waals surface area (Å²) in [7, 11) is 0. The lowest BCUT2D eigenvalue weighted by Gasteiger charge is -2.11. The van der Waals surface area contributed by atoms with Crippen molar-refractivity contribution in [2.75, 3.05) is 13.2 Å². The Morgan fingerprint density at radius 1 is 1.53 bits per heavy atom. The smallest absolute Gasteiger partial charge is 0.184 e. The first-order chi connectivity index (χ1) is 7.20. The second-order valence-electron chi connectivity index (χ2n) is 3.33. The van der Waals surface area contributed by atoms with Crippen LogP contribution in [0.1, 0.15) is 11.9 Å². The standard InChI is InChI=1S/C10H11ClFNO2/c11-8-3-6(1-2-9(8)12)10-14-5-7(4-13)15-10/h1-3,7,10H,4-5,13H2. The van der Waals surface area contributed by atoms with Crippen LogP contribution in [0.25, 0.3) is 0 Å². The fraction of sp³-hybridized carbons (Fsp3) is 0.400. The molecule has 2 atom stereocenters. The number of halogens is 2. The molecule has 1 aromatic rings. The lowest BCUT2D eigenvalue weighted by atomic mass is 10.2. The van der Waals surface area contributed by atoms with E-state index in [-0.39, 0.29) is 11.1 Å². The number of rotatable bonds is 2. The predicted octanol–water partition coefficient (Wildman–Crippen LogP) is 1.85. The summed E-state index contributed by atoms with van der Waals surface area (Å²) in [6.07, 6.45) is -0.588. The van der Waals surface area contributed by atoms with E-state index in [2.05, 4.69) is 0 Å². The Hall–Kier alpha value is -0.680. The summed E-state index contributed by atoms with van der Waals surface area (Å²) < 4.78 is 23.7. The molecular formula is C10H11ClFNO2. The maximum absolute atomic E-state index is 12.9. The highest BCUT2D eigenvalue weighted by atomic mass is 35.5. The van der Waals surface area contributed by atoms with Gasteiger partial charge in [-0.25, -0.2) is 4.39 Å². The van der Waals surface area contributed by atoms with Crippen molar-refractivity contribution in [2.45, 2.75) is 12.4 Å². The Morgan fingerprint density at radius 2 is 2.33 bits per heavy atom. The molecule has 0 aromatic heterocycles. The molecule has 2 unspecified atom stereocenters. The van der Waals surface area contributed by atoms with E-state index in [1.807, 2.05) is 0 Å². The average Bonchev–Trinajstić information content (AvgIpc) is 2.70. The van der Waals surface area contributed by atoms with Gasteiger partial charge in [-0.3, -0.25) is 0 Å². The first kappa shape index (κ1) is 10.8. The van der Waals surface area contributed by atoms with Crippen LogP contribution in [-0.2, 0) is 9.47 Å². The molecule has 1 fully saturated rings. The highest BCUT2D eigenvalue weighted by molar-refractivity contribution is 6.30. The van der Waals surface area contributed by atoms with Crippen LogP contribution in [0, 0.1) is 5.82 Å². The van der Waals surface area contributed by atoms with Crippen LogP contribution >= 0.6 is 11.6 Å². The van der Waals surface area contributed by atoms with E-state index in [0.717, 1.165) is 0 Å². The van der Waals surface area contributed by atoms with E-state index in [4.69, 9.17) is 26.8 Å². The molecule has 1 aromatic carbocycles. The zero-order valence-corrected chi connectivity index (χ0v) is 8.71. The van der Waals surface area contributed by atoms with E-state index < -0.39 is 12.1 Å². The SMILES string of the molecule is NCC1COC(c2ccc(F)c(Cl)c2)O1. The highest BCUT2D eigenvalue weighted by Crippen LogP contribution is 2.29. The molecule has 0 aliphatic carbocycles. The number of benzene rings is 1. The van der Waals surface area contributed by atoms with E-state index in [9.17, 15) is 4.39 Å². The maximum Gasteiger partial charge on any atom is 0.184 e. The highest BCUT2D eigenvalue weighted by Gasteiger charge is 2.26. The normalized spacial score (nSPS) is 25.8. The fourth-order valence-corrected chi connectivity index (χ4v) is 1.59. The number of hydrogen-bond donors (Lipinski definition) is 1. The largest absolute Gasteiger partial charge is 0.346 e. The minimum absolute atomic E-state index is 0.0656.